The quantitative estimate of drug-likeness (QED) is 0.506. The molecule has 0 atom stereocenters. The lowest BCUT2D eigenvalue weighted by molar-refractivity contribution is -0.111. The summed E-state index contributed by atoms with van der Waals surface area (Å²) >= 11 is 13.6. The predicted molar refractivity (Wildman–Crippen MR) is 111 cm³/mol. The van der Waals surface area contributed by atoms with Gasteiger partial charge in [-0.1, -0.05) is 60.5 Å². The van der Waals surface area contributed by atoms with E-state index in [9.17, 15) is 4.79 Å². The fourth-order valence-corrected chi connectivity index (χ4v) is 3.60. The molecule has 1 amide bonds. The minimum atomic E-state index is -0.289. The summed E-state index contributed by atoms with van der Waals surface area (Å²) in [6, 6.07) is 13.5. The van der Waals surface area contributed by atoms with E-state index in [-0.39, 0.29) is 5.91 Å². The fraction of sp³-hybridized carbons (Fsp3) is 0.100. The second kappa shape index (κ2) is 8.49. The van der Waals surface area contributed by atoms with Crippen molar-refractivity contribution in [2.45, 2.75) is 13.3 Å². The Balaban J connectivity index is 1.68. The van der Waals surface area contributed by atoms with Crippen molar-refractivity contribution in [3.05, 3.63) is 75.1 Å². The average molecular weight is 403 g/mol. The molecule has 0 spiro atoms. The van der Waals surface area contributed by atoms with Crippen LogP contribution < -0.4 is 5.32 Å². The lowest BCUT2D eigenvalue weighted by Gasteiger charge is -2.01. The highest BCUT2D eigenvalue weighted by molar-refractivity contribution is 7.14. The van der Waals surface area contributed by atoms with Crippen LogP contribution in [0.4, 0.5) is 5.13 Å². The van der Waals surface area contributed by atoms with Gasteiger partial charge in [-0.3, -0.25) is 10.1 Å². The van der Waals surface area contributed by atoms with Gasteiger partial charge in [0.05, 0.1) is 5.69 Å². The van der Waals surface area contributed by atoms with Gasteiger partial charge in [0.1, 0.15) is 0 Å². The van der Waals surface area contributed by atoms with Crippen LogP contribution in [0.1, 0.15) is 18.1 Å². The molecule has 3 nitrogen and oxygen atoms in total. The van der Waals surface area contributed by atoms with Crippen LogP contribution in [0.5, 0.6) is 0 Å². The first kappa shape index (κ1) is 18.6. The van der Waals surface area contributed by atoms with Crippen LogP contribution >= 0.6 is 34.5 Å². The Labute approximate surface area is 166 Å². The standard InChI is InChI=1S/C20H16Cl2N2OS/c1-2-13-6-8-14(9-7-13)18-12-26-20(23-18)24-19(25)11-10-15-16(21)4-3-5-17(15)22/h3-12H,2H2,1H3,(H,23,24,25)/b11-10+. The van der Waals surface area contributed by atoms with Gasteiger partial charge in [-0.15, -0.1) is 11.3 Å². The molecule has 0 saturated heterocycles. The number of carbonyl (C=O) groups excluding carboxylic acids is 1. The molecule has 2 aromatic carbocycles. The highest BCUT2D eigenvalue weighted by Crippen LogP contribution is 2.27. The maximum Gasteiger partial charge on any atom is 0.250 e. The summed E-state index contributed by atoms with van der Waals surface area (Å²) in [5.41, 5.74) is 3.76. The molecule has 3 rings (SSSR count). The van der Waals surface area contributed by atoms with Crippen LogP contribution in [-0.4, -0.2) is 10.9 Å². The van der Waals surface area contributed by atoms with Gasteiger partial charge in [-0.25, -0.2) is 4.98 Å². The lowest BCUT2D eigenvalue weighted by atomic mass is 10.1. The zero-order valence-electron chi connectivity index (χ0n) is 14.0. The van der Waals surface area contributed by atoms with Gasteiger partial charge >= 0.3 is 0 Å². The Bertz CT molecular complexity index is 928. The third-order valence-electron chi connectivity index (χ3n) is 3.79. The normalized spacial score (nSPS) is 11.0. The smallest absolute Gasteiger partial charge is 0.250 e. The number of halogens is 2. The molecule has 3 aromatic rings. The fourth-order valence-electron chi connectivity index (χ4n) is 2.35. The van der Waals surface area contributed by atoms with Crippen molar-refractivity contribution in [2.24, 2.45) is 0 Å². The molecule has 6 heteroatoms. The summed E-state index contributed by atoms with van der Waals surface area (Å²) in [6.45, 7) is 2.12. The van der Waals surface area contributed by atoms with Crippen molar-refractivity contribution in [1.82, 2.24) is 4.98 Å². The highest BCUT2D eigenvalue weighted by Gasteiger charge is 2.07. The Morgan fingerprint density at radius 2 is 1.85 bits per heavy atom. The Hall–Kier alpha value is -2.14. The summed E-state index contributed by atoms with van der Waals surface area (Å²) in [7, 11) is 0. The number of amides is 1. The molecule has 1 N–H and O–H groups in total. The molecular formula is C20H16Cl2N2OS. The second-order valence-corrected chi connectivity index (χ2v) is 7.22. The third-order valence-corrected chi connectivity index (χ3v) is 5.21. The maximum absolute atomic E-state index is 12.1. The molecule has 0 radical (unpaired) electrons. The van der Waals surface area contributed by atoms with Crippen molar-refractivity contribution >= 4 is 51.7 Å². The molecule has 1 heterocycles. The maximum atomic E-state index is 12.1. The summed E-state index contributed by atoms with van der Waals surface area (Å²) in [5, 5.41) is 6.21. The van der Waals surface area contributed by atoms with Gasteiger partial charge in [0.15, 0.2) is 5.13 Å². The molecule has 0 aliphatic carbocycles. The first-order chi connectivity index (χ1) is 12.6. The van der Waals surface area contributed by atoms with Crippen LogP contribution in [0.15, 0.2) is 53.9 Å². The third kappa shape index (κ3) is 4.52. The minimum absolute atomic E-state index is 0.289. The first-order valence-corrected chi connectivity index (χ1v) is 9.68. The average Bonchev–Trinajstić information content (AvgIpc) is 3.10. The van der Waals surface area contributed by atoms with Crippen LogP contribution in [-0.2, 0) is 11.2 Å². The molecule has 0 aliphatic rings. The molecule has 0 unspecified atom stereocenters. The molecule has 0 saturated carbocycles. The molecule has 26 heavy (non-hydrogen) atoms. The van der Waals surface area contributed by atoms with Crippen molar-refractivity contribution in [2.75, 3.05) is 5.32 Å². The number of thiazole rings is 1. The van der Waals surface area contributed by atoms with Gasteiger partial charge in [0.25, 0.3) is 0 Å². The number of carbonyl (C=O) groups is 1. The summed E-state index contributed by atoms with van der Waals surface area (Å²) in [5.74, 6) is -0.289. The summed E-state index contributed by atoms with van der Waals surface area (Å²) < 4.78 is 0. The van der Waals surface area contributed by atoms with E-state index in [1.54, 1.807) is 24.3 Å². The predicted octanol–water partition coefficient (Wildman–Crippen LogP) is 6.33. The first-order valence-electron chi connectivity index (χ1n) is 8.04. The topological polar surface area (TPSA) is 42.0 Å². The summed E-state index contributed by atoms with van der Waals surface area (Å²) in [4.78, 5) is 16.6. The van der Waals surface area contributed by atoms with Crippen molar-refractivity contribution in [1.29, 1.82) is 0 Å². The Kier molecular flexibility index (Phi) is 6.09. The van der Waals surface area contributed by atoms with Gasteiger partial charge in [0, 0.05) is 32.6 Å². The molecule has 1 aromatic heterocycles. The number of aromatic nitrogens is 1. The van der Waals surface area contributed by atoms with E-state index in [4.69, 9.17) is 23.2 Å². The number of anilines is 1. The molecule has 132 valence electrons. The molecule has 0 fully saturated rings. The van der Waals surface area contributed by atoms with Gasteiger partial charge in [-0.2, -0.15) is 0 Å². The van der Waals surface area contributed by atoms with Crippen LogP contribution in [0.25, 0.3) is 17.3 Å². The van der Waals surface area contributed by atoms with Crippen molar-refractivity contribution < 1.29 is 4.79 Å². The SMILES string of the molecule is CCc1ccc(-c2csc(NC(=O)/C=C/c3c(Cl)cccc3Cl)n2)cc1. The number of benzene rings is 2. The van der Waals surface area contributed by atoms with Crippen LogP contribution in [0.2, 0.25) is 10.0 Å². The second-order valence-electron chi connectivity index (χ2n) is 5.55. The van der Waals surface area contributed by atoms with E-state index < -0.39 is 0 Å². The highest BCUT2D eigenvalue weighted by atomic mass is 35.5. The zero-order chi connectivity index (χ0) is 18.5. The van der Waals surface area contributed by atoms with E-state index in [2.05, 4.69) is 29.4 Å². The molecular weight excluding hydrogens is 387 g/mol. The van der Waals surface area contributed by atoms with E-state index >= 15 is 0 Å². The monoisotopic (exact) mass is 402 g/mol. The molecule has 0 aliphatic heterocycles. The van der Waals surface area contributed by atoms with E-state index in [1.807, 2.05) is 17.5 Å². The number of rotatable bonds is 5. The minimum Gasteiger partial charge on any atom is -0.298 e. The Morgan fingerprint density at radius 3 is 2.50 bits per heavy atom. The lowest BCUT2D eigenvalue weighted by Crippen LogP contribution is -2.07. The van der Waals surface area contributed by atoms with Gasteiger partial charge < -0.3 is 0 Å². The number of hydrogen-bond acceptors (Lipinski definition) is 3. The Morgan fingerprint density at radius 1 is 1.15 bits per heavy atom. The van der Waals surface area contributed by atoms with E-state index in [1.165, 1.54) is 23.0 Å². The largest absolute Gasteiger partial charge is 0.298 e. The molecule has 0 bridgehead atoms. The van der Waals surface area contributed by atoms with Gasteiger partial charge in [0.2, 0.25) is 5.91 Å². The van der Waals surface area contributed by atoms with Crippen molar-refractivity contribution in [3.8, 4) is 11.3 Å². The van der Waals surface area contributed by atoms with Crippen LogP contribution in [0.3, 0.4) is 0 Å². The van der Waals surface area contributed by atoms with E-state index in [0.717, 1.165) is 17.7 Å². The van der Waals surface area contributed by atoms with Crippen molar-refractivity contribution in [3.63, 3.8) is 0 Å². The van der Waals surface area contributed by atoms with E-state index in [0.29, 0.717) is 20.7 Å². The number of hydrogen-bond donors (Lipinski definition) is 1. The zero-order valence-corrected chi connectivity index (χ0v) is 16.3. The van der Waals surface area contributed by atoms with Gasteiger partial charge in [-0.05, 0) is 30.2 Å². The number of nitrogens with one attached hydrogen (secondary N) is 1. The van der Waals surface area contributed by atoms with Crippen LogP contribution in [0, 0.1) is 0 Å². The number of nitrogens with zero attached hydrogens (tertiary/aromatic N) is 1. The number of aryl methyl sites for hydroxylation is 1. The summed E-state index contributed by atoms with van der Waals surface area (Å²) in [6.07, 6.45) is 3.99.